The highest BCUT2D eigenvalue weighted by atomic mass is 16.2. The molecule has 0 fully saturated rings. The Kier molecular flexibility index (Phi) is 6.73. The Morgan fingerprint density at radius 2 is 1.95 bits per heavy atom. The summed E-state index contributed by atoms with van der Waals surface area (Å²) < 4.78 is 0. The van der Waals surface area contributed by atoms with E-state index < -0.39 is 0 Å². The van der Waals surface area contributed by atoms with Crippen LogP contribution in [0.1, 0.15) is 32.8 Å². The fraction of sp³-hybridized carbons (Fsp3) is 0.467. The van der Waals surface area contributed by atoms with Crippen LogP contribution in [-0.2, 0) is 16.1 Å². The summed E-state index contributed by atoms with van der Waals surface area (Å²) in [5.74, 6) is -0.116. The van der Waals surface area contributed by atoms with Crippen LogP contribution in [0.2, 0.25) is 0 Å². The summed E-state index contributed by atoms with van der Waals surface area (Å²) in [7, 11) is 0. The summed E-state index contributed by atoms with van der Waals surface area (Å²) in [4.78, 5) is 22.9. The van der Waals surface area contributed by atoms with E-state index in [-0.39, 0.29) is 17.9 Å². The molecule has 0 aliphatic heterocycles. The third-order valence-electron chi connectivity index (χ3n) is 2.87. The number of para-hydroxylation sites is 1. The van der Waals surface area contributed by atoms with Crippen LogP contribution in [0.25, 0.3) is 0 Å². The van der Waals surface area contributed by atoms with Gasteiger partial charge in [0.1, 0.15) is 0 Å². The number of hydrogen-bond acceptors (Lipinski definition) is 3. The summed E-state index contributed by atoms with van der Waals surface area (Å²) >= 11 is 0. The summed E-state index contributed by atoms with van der Waals surface area (Å²) in [5.41, 5.74) is 1.73. The number of rotatable bonds is 7. The lowest BCUT2D eigenvalue weighted by molar-refractivity contribution is -0.122. The zero-order valence-corrected chi connectivity index (χ0v) is 12.3. The van der Waals surface area contributed by atoms with Crippen molar-refractivity contribution in [3.63, 3.8) is 0 Å². The van der Waals surface area contributed by atoms with E-state index in [4.69, 9.17) is 0 Å². The van der Waals surface area contributed by atoms with E-state index >= 15 is 0 Å². The molecule has 0 aliphatic rings. The number of anilines is 1. The molecule has 0 aliphatic carbocycles. The van der Waals surface area contributed by atoms with Crippen molar-refractivity contribution in [3.8, 4) is 0 Å². The van der Waals surface area contributed by atoms with Crippen LogP contribution in [-0.4, -0.2) is 24.4 Å². The summed E-state index contributed by atoms with van der Waals surface area (Å²) in [6.07, 6.45) is 0.920. The molecule has 1 rings (SSSR count). The molecule has 1 unspecified atom stereocenters. The third kappa shape index (κ3) is 5.40. The van der Waals surface area contributed by atoms with Gasteiger partial charge in [0.05, 0.1) is 6.04 Å². The first kappa shape index (κ1) is 16.2. The summed E-state index contributed by atoms with van der Waals surface area (Å²) in [6, 6.07) is 7.28. The zero-order valence-electron chi connectivity index (χ0n) is 12.3. The highest BCUT2D eigenvalue weighted by Gasteiger charge is 2.12. The van der Waals surface area contributed by atoms with Gasteiger partial charge in [-0.2, -0.15) is 0 Å². The molecular formula is C15H23N3O2. The highest BCUT2D eigenvalue weighted by Crippen LogP contribution is 2.14. The van der Waals surface area contributed by atoms with Gasteiger partial charge in [-0.1, -0.05) is 25.1 Å². The van der Waals surface area contributed by atoms with E-state index in [0.717, 1.165) is 17.7 Å². The fourth-order valence-electron chi connectivity index (χ4n) is 1.74. The molecule has 110 valence electrons. The Bertz CT molecular complexity index is 460. The minimum atomic E-state index is -0.271. The second-order valence-electron chi connectivity index (χ2n) is 4.73. The Balaban J connectivity index is 2.56. The molecule has 2 amide bonds. The largest absolute Gasteiger partial charge is 0.355 e. The topological polar surface area (TPSA) is 70.2 Å². The van der Waals surface area contributed by atoms with Crippen molar-refractivity contribution in [2.24, 2.45) is 0 Å². The molecule has 0 saturated carbocycles. The van der Waals surface area contributed by atoms with Gasteiger partial charge in [-0.15, -0.1) is 0 Å². The summed E-state index contributed by atoms with van der Waals surface area (Å²) in [5, 5.41) is 8.78. The van der Waals surface area contributed by atoms with Crippen LogP contribution in [0.3, 0.4) is 0 Å². The van der Waals surface area contributed by atoms with Crippen LogP contribution in [0.15, 0.2) is 24.3 Å². The monoisotopic (exact) mass is 277 g/mol. The van der Waals surface area contributed by atoms with Gasteiger partial charge in [-0.25, -0.2) is 0 Å². The SMILES string of the molecule is CCCNC(=O)C(C)NCc1ccccc1NC(C)=O. The van der Waals surface area contributed by atoms with E-state index in [1.807, 2.05) is 38.1 Å². The predicted octanol–water partition coefficient (Wildman–Crippen LogP) is 1.65. The standard InChI is InChI=1S/C15H23N3O2/c1-4-9-16-15(20)11(2)17-10-13-7-5-6-8-14(13)18-12(3)19/h5-8,11,17H,4,9-10H2,1-3H3,(H,16,20)(H,18,19). The maximum atomic E-state index is 11.7. The molecule has 0 heterocycles. The van der Waals surface area contributed by atoms with Crippen molar-refractivity contribution in [1.82, 2.24) is 10.6 Å². The number of benzene rings is 1. The number of carbonyl (C=O) groups is 2. The minimum absolute atomic E-state index is 0.0103. The second-order valence-corrected chi connectivity index (χ2v) is 4.73. The lowest BCUT2D eigenvalue weighted by Gasteiger charge is -2.15. The van der Waals surface area contributed by atoms with E-state index in [0.29, 0.717) is 13.1 Å². The molecular weight excluding hydrogens is 254 g/mol. The van der Waals surface area contributed by atoms with Crippen LogP contribution in [0, 0.1) is 0 Å². The Labute approximate surface area is 120 Å². The number of carbonyl (C=O) groups excluding carboxylic acids is 2. The van der Waals surface area contributed by atoms with Crippen LogP contribution in [0.4, 0.5) is 5.69 Å². The van der Waals surface area contributed by atoms with Crippen LogP contribution >= 0.6 is 0 Å². The van der Waals surface area contributed by atoms with Crippen molar-refractivity contribution in [2.45, 2.75) is 39.8 Å². The molecule has 0 saturated heterocycles. The van der Waals surface area contributed by atoms with Gasteiger partial charge < -0.3 is 16.0 Å². The van der Waals surface area contributed by atoms with E-state index in [9.17, 15) is 9.59 Å². The Morgan fingerprint density at radius 3 is 2.60 bits per heavy atom. The van der Waals surface area contributed by atoms with Gasteiger partial charge in [-0.05, 0) is 25.0 Å². The van der Waals surface area contributed by atoms with Crippen LogP contribution < -0.4 is 16.0 Å². The lowest BCUT2D eigenvalue weighted by Crippen LogP contribution is -2.42. The Morgan fingerprint density at radius 1 is 1.25 bits per heavy atom. The fourth-order valence-corrected chi connectivity index (χ4v) is 1.74. The molecule has 5 nitrogen and oxygen atoms in total. The van der Waals surface area contributed by atoms with Crippen molar-refractivity contribution < 1.29 is 9.59 Å². The van der Waals surface area contributed by atoms with Crippen molar-refractivity contribution in [1.29, 1.82) is 0 Å². The molecule has 1 atom stereocenters. The van der Waals surface area contributed by atoms with E-state index in [1.54, 1.807) is 0 Å². The maximum absolute atomic E-state index is 11.7. The minimum Gasteiger partial charge on any atom is -0.355 e. The van der Waals surface area contributed by atoms with Gasteiger partial charge in [0.25, 0.3) is 0 Å². The molecule has 3 N–H and O–H groups in total. The van der Waals surface area contributed by atoms with Crippen molar-refractivity contribution >= 4 is 17.5 Å². The predicted molar refractivity (Wildman–Crippen MR) is 80.3 cm³/mol. The average Bonchev–Trinajstić information content (AvgIpc) is 2.42. The Hall–Kier alpha value is -1.88. The van der Waals surface area contributed by atoms with Crippen LogP contribution in [0.5, 0.6) is 0 Å². The van der Waals surface area contributed by atoms with Gasteiger partial charge in [0.15, 0.2) is 0 Å². The quantitative estimate of drug-likeness (QED) is 0.709. The van der Waals surface area contributed by atoms with E-state index in [2.05, 4.69) is 16.0 Å². The van der Waals surface area contributed by atoms with Crippen molar-refractivity contribution in [2.75, 3.05) is 11.9 Å². The average molecular weight is 277 g/mol. The van der Waals surface area contributed by atoms with Gasteiger partial charge in [-0.3, -0.25) is 9.59 Å². The molecule has 1 aromatic carbocycles. The zero-order chi connectivity index (χ0) is 15.0. The number of amides is 2. The lowest BCUT2D eigenvalue weighted by atomic mass is 10.1. The maximum Gasteiger partial charge on any atom is 0.236 e. The highest BCUT2D eigenvalue weighted by molar-refractivity contribution is 5.89. The molecule has 1 aromatic rings. The third-order valence-corrected chi connectivity index (χ3v) is 2.87. The first-order valence-electron chi connectivity index (χ1n) is 6.91. The number of hydrogen-bond donors (Lipinski definition) is 3. The molecule has 0 radical (unpaired) electrons. The first-order valence-corrected chi connectivity index (χ1v) is 6.91. The normalized spacial score (nSPS) is 11.8. The molecule has 20 heavy (non-hydrogen) atoms. The second kappa shape index (κ2) is 8.32. The summed E-state index contributed by atoms with van der Waals surface area (Å²) in [6.45, 7) is 6.53. The molecule has 0 bridgehead atoms. The van der Waals surface area contributed by atoms with Gasteiger partial charge >= 0.3 is 0 Å². The smallest absolute Gasteiger partial charge is 0.236 e. The van der Waals surface area contributed by atoms with E-state index in [1.165, 1.54) is 6.92 Å². The molecule has 5 heteroatoms. The molecule has 0 spiro atoms. The molecule has 0 aromatic heterocycles. The van der Waals surface area contributed by atoms with Gasteiger partial charge in [0, 0.05) is 25.7 Å². The number of nitrogens with one attached hydrogen (secondary N) is 3. The van der Waals surface area contributed by atoms with Crippen molar-refractivity contribution in [3.05, 3.63) is 29.8 Å². The van der Waals surface area contributed by atoms with Gasteiger partial charge in [0.2, 0.25) is 11.8 Å². The first-order chi connectivity index (χ1) is 9.54.